The molecule has 0 fully saturated rings. The van der Waals surface area contributed by atoms with Crippen LogP contribution in [0, 0.1) is 0 Å². The lowest BCUT2D eigenvalue weighted by molar-refractivity contribution is -0.133. The molecule has 0 spiro atoms. The van der Waals surface area contributed by atoms with E-state index in [0.29, 0.717) is 5.02 Å². The first kappa shape index (κ1) is 14.5. The van der Waals surface area contributed by atoms with Gasteiger partial charge in [0.05, 0.1) is 10.4 Å². The summed E-state index contributed by atoms with van der Waals surface area (Å²) in [5.41, 5.74) is 1.03. The highest BCUT2D eigenvalue weighted by molar-refractivity contribution is 9.10. The number of amides is 1. The third-order valence-electron chi connectivity index (χ3n) is 2.74. The number of rotatable bonds is 3. The average Bonchev–Trinajstić information content (AvgIpc) is 2.25. The van der Waals surface area contributed by atoms with E-state index >= 15 is 0 Å². The van der Waals surface area contributed by atoms with Crippen LogP contribution in [0.5, 0.6) is 0 Å². The fraction of sp³-hybridized carbons (Fsp3) is 0.462. The molecule has 0 aliphatic carbocycles. The molecule has 17 heavy (non-hydrogen) atoms. The van der Waals surface area contributed by atoms with Crippen molar-refractivity contribution in [2.24, 2.45) is 0 Å². The number of benzene rings is 1. The van der Waals surface area contributed by atoms with Crippen LogP contribution in [0.1, 0.15) is 32.4 Å². The van der Waals surface area contributed by atoms with Crippen LogP contribution in [0.15, 0.2) is 24.3 Å². The van der Waals surface area contributed by atoms with E-state index in [1.807, 2.05) is 45.0 Å². The van der Waals surface area contributed by atoms with Crippen molar-refractivity contribution in [3.8, 4) is 0 Å². The van der Waals surface area contributed by atoms with Gasteiger partial charge in [0.15, 0.2) is 0 Å². The predicted octanol–water partition coefficient (Wildman–Crippen LogP) is 4.03. The molecular weight excluding hydrogens is 302 g/mol. The SMILES string of the molecule is CC(c1cccc(Cl)c1)N(C)C(=O)C(C)(C)Br. The van der Waals surface area contributed by atoms with Crippen molar-refractivity contribution in [2.45, 2.75) is 31.1 Å². The van der Waals surface area contributed by atoms with Gasteiger partial charge in [-0.1, -0.05) is 39.7 Å². The monoisotopic (exact) mass is 317 g/mol. The number of alkyl halides is 1. The second-order valence-electron chi connectivity index (χ2n) is 4.62. The number of hydrogen-bond donors (Lipinski definition) is 0. The Hall–Kier alpha value is -0.540. The van der Waals surface area contributed by atoms with E-state index < -0.39 is 4.32 Å². The molecule has 0 saturated carbocycles. The van der Waals surface area contributed by atoms with Crippen LogP contribution in [-0.2, 0) is 4.79 Å². The molecule has 1 unspecified atom stereocenters. The lowest BCUT2D eigenvalue weighted by atomic mass is 10.1. The quantitative estimate of drug-likeness (QED) is 0.770. The molecule has 0 heterocycles. The van der Waals surface area contributed by atoms with Gasteiger partial charge in [-0.05, 0) is 38.5 Å². The molecule has 1 aromatic rings. The highest BCUT2D eigenvalue weighted by Crippen LogP contribution is 2.26. The summed E-state index contributed by atoms with van der Waals surface area (Å²) in [7, 11) is 1.80. The molecule has 0 aliphatic heterocycles. The van der Waals surface area contributed by atoms with Crippen LogP contribution < -0.4 is 0 Å². The number of carbonyl (C=O) groups is 1. The molecule has 0 bridgehead atoms. The van der Waals surface area contributed by atoms with E-state index in [2.05, 4.69) is 15.9 Å². The second-order valence-corrected chi connectivity index (χ2v) is 7.04. The van der Waals surface area contributed by atoms with E-state index in [4.69, 9.17) is 11.6 Å². The summed E-state index contributed by atoms with van der Waals surface area (Å²) in [6, 6.07) is 7.58. The standard InChI is InChI=1S/C13H17BrClNO/c1-9(10-6-5-7-11(15)8-10)16(4)12(17)13(2,3)14/h5-9H,1-4H3. The minimum absolute atomic E-state index is 0.00183. The van der Waals surface area contributed by atoms with E-state index in [-0.39, 0.29) is 11.9 Å². The van der Waals surface area contributed by atoms with Gasteiger partial charge in [0, 0.05) is 12.1 Å². The van der Waals surface area contributed by atoms with Crippen molar-refractivity contribution >= 4 is 33.4 Å². The Morgan fingerprint density at radius 1 is 1.47 bits per heavy atom. The van der Waals surface area contributed by atoms with Crippen molar-refractivity contribution in [1.29, 1.82) is 0 Å². The van der Waals surface area contributed by atoms with Crippen LogP contribution in [0.4, 0.5) is 0 Å². The van der Waals surface area contributed by atoms with Gasteiger partial charge in [-0.25, -0.2) is 0 Å². The van der Waals surface area contributed by atoms with E-state index in [9.17, 15) is 4.79 Å². The van der Waals surface area contributed by atoms with Crippen LogP contribution in [0.3, 0.4) is 0 Å². The molecule has 0 N–H and O–H groups in total. The van der Waals surface area contributed by atoms with Gasteiger partial charge in [0.2, 0.25) is 5.91 Å². The van der Waals surface area contributed by atoms with Gasteiger partial charge in [-0.3, -0.25) is 4.79 Å². The summed E-state index contributed by atoms with van der Waals surface area (Å²) in [6.45, 7) is 5.68. The van der Waals surface area contributed by atoms with Crippen LogP contribution >= 0.6 is 27.5 Å². The fourth-order valence-corrected chi connectivity index (χ4v) is 2.06. The molecular formula is C13H17BrClNO. The number of nitrogens with zero attached hydrogens (tertiary/aromatic N) is 1. The van der Waals surface area contributed by atoms with Crippen LogP contribution in [0.25, 0.3) is 0 Å². The molecule has 2 nitrogen and oxygen atoms in total. The first-order valence-corrected chi connectivity index (χ1v) is 6.62. The van der Waals surface area contributed by atoms with E-state index in [1.54, 1.807) is 11.9 Å². The minimum atomic E-state index is -0.547. The Bertz CT molecular complexity index is 414. The largest absolute Gasteiger partial charge is 0.338 e. The molecule has 1 aromatic carbocycles. The Kier molecular flexibility index (Phi) is 4.62. The van der Waals surface area contributed by atoms with Gasteiger partial charge in [-0.15, -0.1) is 0 Å². The van der Waals surface area contributed by atoms with Gasteiger partial charge in [0.1, 0.15) is 0 Å². The smallest absolute Gasteiger partial charge is 0.239 e. The van der Waals surface area contributed by atoms with E-state index in [0.717, 1.165) is 5.56 Å². The third-order valence-corrected chi connectivity index (χ3v) is 3.32. The van der Waals surface area contributed by atoms with Crippen molar-refractivity contribution in [2.75, 3.05) is 7.05 Å². The van der Waals surface area contributed by atoms with Gasteiger partial charge in [0.25, 0.3) is 0 Å². The molecule has 0 aliphatic rings. The number of hydrogen-bond acceptors (Lipinski definition) is 1. The summed E-state index contributed by atoms with van der Waals surface area (Å²) >= 11 is 9.33. The maximum absolute atomic E-state index is 12.1. The second kappa shape index (κ2) is 5.40. The lowest BCUT2D eigenvalue weighted by Gasteiger charge is -2.30. The van der Waals surface area contributed by atoms with Crippen LogP contribution in [0.2, 0.25) is 5.02 Å². The normalized spacial score (nSPS) is 13.3. The van der Waals surface area contributed by atoms with Gasteiger partial charge >= 0.3 is 0 Å². The third kappa shape index (κ3) is 3.71. The summed E-state index contributed by atoms with van der Waals surface area (Å²) in [6.07, 6.45) is 0. The molecule has 0 aromatic heterocycles. The fourth-order valence-electron chi connectivity index (χ4n) is 1.59. The Balaban J connectivity index is 2.91. The summed E-state index contributed by atoms with van der Waals surface area (Å²) in [5, 5.41) is 0.688. The molecule has 1 rings (SSSR count). The zero-order chi connectivity index (χ0) is 13.2. The van der Waals surface area contributed by atoms with Crippen molar-refractivity contribution in [3.63, 3.8) is 0 Å². The van der Waals surface area contributed by atoms with E-state index in [1.165, 1.54) is 0 Å². The van der Waals surface area contributed by atoms with Gasteiger partial charge < -0.3 is 4.90 Å². The highest BCUT2D eigenvalue weighted by Gasteiger charge is 2.29. The Morgan fingerprint density at radius 3 is 2.53 bits per heavy atom. The Morgan fingerprint density at radius 2 is 2.06 bits per heavy atom. The van der Waals surface area contributed by atoms with Crippen molar-refractivity contribution in [1.82, 2.24) is 4.90 Å². The maximum atomic E-state index is 12.1. The lowest BCUT2D eigenvalue weighted by Crippen LogP contribution is -2.40. The Labute approximate surface area is 116 Å². The average molecular weight is 319 g/mol. The maximum Gasteiger partial charge on any atom is 0.239 e. The summed E-state index contributed by atoms with van der Waals surface area (Å²) < 4.78 is -0.547. The van der Waals surface area contributed by atoms with Crippen molar-refractivity contribution in [3.05, 3.63) is 34.9 Å². The first-order valence-electron chi connectivity index (χ1n) is 5.45. The molecule has 1 atom stereocenters. The molecule has 4 heteroatoms. The minimum Gasteiger partial charge on any atom is -0.338 e. The summed E-state index contributed by atoms with van der Waals surface area (Å²) in [4.78, 5) is 13.8. The number of halogens is 2. The summed E-state index contributed by atoms with van der Waals surface area (Å²) in [5.74, 6) is 0.0463. The predicted molar refractivity (Wildman–Crippen MR) is 75.6 cm³/mol. The zero-order valence-corrected chi connectivity index (χ0v) is 12.8. The highest BCUT2D eigenvalue weighted by atomic mass is 79.9. The molecule has 1 amide bonds. The van der Waals surface area contributed by atoms with Crippen LogP contribution in [-0.4, -0.2) is 22.2 Å². The van der Waals surface area contributed by atoms with Gasteiger partial charge in [-0.2, -0.15) is 0 Å². The molecule has 0 radical (unpaired) electrons. The molecule has 0 saturated heterocycles. The van der Waals surface area contributed by atoms with Crippen molar-refractivity contribution < 1.29 is 4.79 Å². The number of carbonyl (C=O) groups excluding carboxylic acids is 1. The topological polar surface area (TPSA) is 20.3 Å². The zero-order valence-electron chi connectivity index (χ0n) is 10.5. The first-order chi connectivity index (χ1) is 7.73. The molecule has 94 valence electrons.